The molecule has 1 atom stereocenters. The van der Waals surface area contributed by atoms with E-state index in [2.05, 4.69) is 15.3 Å². The van der Waals surface area contributed by atoms with Gasteiger partial charge in [0.2, 0.25) is 0 Å². The van der Waals surface area contributed by atoms with Gasteiger partial charge in [0.05, 0.1) is 6.61 Å². The van der Waals surface area contributed by atoms with Gasteiger partial charge in [-0.2, -0.15) is 0 Å². The standard InChI is InChI=1S/C7H11N3O/c1-6(4-11)10-7-2-3-8-5-9-7/h2-3,5-6,11H,4H2,1H3,(H,8,9,10)/t6-/m0/s1. The Kier molecular flexibility index (Phi) is 2.80. The Morgan fingerprint density at radius 1 is 1.73 bits per heavy atom. The first-order valence-corrected chi connectivity index (χ1v) is 3.46. The van der Waals surface area contributed by atoms with Crippen LogP contribution in [-0.4, -0.2) is 27.7 Å². The van der Waals surface area contributed by atoms with Crippen LogP contribution in [0, 0.1) is 0 Å². The summed E-state index contributed by atoms with van der Waals surface area (Å²) < 4.78 is 0. The van der Waals surface area contributed by atoms with E-state index in [1.165, 1.54) is 6.33 Å². The van der Waals surface area contributed by atoms with E-state index in [0.29, 0.717) is 0 Å². The number of nitrogens with zero attached hydrogens (tertiary/aromatic N) is 2. The predicted octanol–water partition coefficient (Wildman–Crippen LogP) is 0.269. The Hall–Kier alpha value is -1.16. The summed E-state index contributed by atoms with van der Waals surface area (Å²) in [7, 11) is 0. The van der Waals surface area contributed by atoms with Crippen molar-refractivity contribution >= 4 is 5.82 Å². The second-order valence-electron chi connectivity index (χ2n) is 2.32. The first kappa shape index (κ1) is 7.94. The molecule has 1 aromatic heterocycles. The molecule has 0 aromatic carbocycles. The number of aliphatic hydroxyl groups is 1. The summed E-state index contributed by atoms with van der Waals surface area (Å²) in [6.45, 7) is 1.98. The fourth-order valence-corrected chi connectivity index (χ4v) is 0.674. The van der Waals surface area contributed by atoms with Crippen LogP contribution in [0.3, 0.4) is 0 Å². The zero-order valence-corrected chi connectivity index (χ0v) is 6.36. The molecule has 0 unspecified atom stereocenters. The van der Waals surface area contributed by atoms with Crippen LogP contribution in [0.1, 0.15) is 6.92 Å². The molecule has 0 fully saturated rings. The van der Waals surface area contributed by atoms with Crippen molar-refractivity contribution in [3.63, 3.8) is 0 Å². The highest BCUT2D eigenvalue weighted by atomic mass is 16.3. The number of aromatic nitrogens is 2. The minimum atomic E-state index is 0.0323. The highest BCUT2D eigenvalue weighted by Gasteiger charge is 1.98. The molecule has 1 heterocycles. The van der Waals surface area contributed by atoms with Gasteiger partial charge in [-0.25, -0.2) is 9.97 Å². The van der Waals surface area contributed by atoms with Crippen LogP contribution in [0.2, 0.25) is 0 Å². The molecular weight excluding hydrogens is 142 g/mol. The molecule has 0 saturated carbocycles. The SMILES string of the molecule is C[C@@H](CO)Nc1ccncn1. The summed E-state index contributed by atoms with van der Waals surface area (Å²) in [6.07, 6.45) is 3.12. The summed E-state index contributed by atoms with van der Waals surface area (Å²) in [4.78, 5) is 7.70. The van der Waals surface area contributed by atoms with E-state index in [0.717, 1.165) is 5.82 Å². The van der Waals surface area contributed by atoms with E-state index in [1.807, 2.05) is 6.92 Å². The first-order chi connectivity index (χ1) is 5.33. The Morgan fingerprint density at radius 2 is 2.55 bits per heavy atom. The van der Waals surface area contributed by atoms with Gasteiger partial charge >= 0.3 is 0 Å². The lowest BCUT2D eigenvalue weighted by Gasteiger charge is -2.09. The predicted molar refractivity (Wildman–Crippen MR) is 42.2 cm³/mol. The quantitative estimate of drug-likeness (QED) is 0.654. The van der Waals surface area contributed by atoms with Gasteiger partial charge < -0.3 is 10.4 Å². The number of nitrogens with one attached hydrogen (secondary N) is 1. The molecule has 60 valence electrons. The van der Waals surface area contributed by atoms with Crippen molar-refractivity contribution < 1.29 is 5.11 Å². The molecule has 2 N–H and O–H groups in total. The van der Waals surface area contributed by atoms with Crippen molar-refractivity contribution in [3.8, 4) is 0 Å². The third-order valence-electron chi connectivity index (χ3n) is 1.25. The summed E-state index contributed by atoms with van der Waals surface area (Å²) in [5.41, 5.74) is 0. The van der Waals surface area contributed by atoms with Gasteiger partial charge in [-0.1, -0.05) is 0 Å². The van der Waals surface area contributed by atoms with Crippen molar-refractivity contribution in [1.29, 1.82) is 0 Å². The van der Waals surface area contributed by atoms with E-state index in [4.69, 9.17) is 5.11 Å². The van der Waals surface area contributed by atoms with Gasteiger partial charge in [-0.3, -0.25) is 0 Å². The van der Waals surface area contributed by atoms with Gasteiger partial charge in [-0.15, -0.1) is 0 Å². The van der Waals surface area contributed by atoms with Crippen molar-refractivity contribution in [3.05, 3.63) is 18.6 Å². The monoisotopic (exact) mass is 153 g/mol. The van der Waals surface area contributed by atoms with Crippen LogP contribution >= 0.6 is 0 Å². The normalized spacial score (nSPS) is 12.5. The largest absolute Gasteiger partial charge is 0.394 e. The molecule has 0 aliphatic carbocycles. The molecule has 11 heavy (non-hydrogen) atoms. The minimum Gasteiger partial charge on any atom is -0.394 e. The van der Waals surface area contributed by atoms with Crippen LogP contribution in [0.15, 0.2) is 18.6 Å². The second kappa shape index (κ2) is 3.88. The summed E-state index contributed by atoms with van der Waals surface area (Å²) >= 11 is 0. The van der Waals surface area contributed by atoms with Gasteiger partial charge in [0.15, 0.2) is 0 Å². The first-order valence-electron chi connectivity index (χ1n) is 3.46. The molecule has 0 saturated heterocycles. The average Bonchev–Trinajstić information content (AvgIpc) is 2.06. The van der Waals surface area contributed by atoms with Crippen molar-refractivity contribution in [2.24, 2.45) is 0 Å². The molecule has 0 aliphatic heterocycles. The highest BCUT2D eigenvalue weighted by molar-refractivity contribution is 5.32. The smallest absolute Gasteiger partial charge is 0.129 e. The second-order valence-corrected chi connectivity index (χ2v) is 2.32. The lowest BCUT2D eigenvalue weighted by Crippen LogP contribution is -2.19. The number of rotatable bonds is 3. The van der Waals surface area contributed by atoms with E-state index in [1.54, 1.807) is 12.3 Å². The van der Waals surface area contributed by atoms with Crippen LogP contribution in [0.25, 0.3) is 0 Å². The molecule has 1 rings (SSSR count). The number of hydrogen-bond acceptors (Lipinski definition) is 4. The summed E-state index contributed by atoms with van der Waals surface area (Å²) in [6, 6.07) is 1.79. The minimum absolute atomic E-state index is 0.0323. The molecule has 0 aliphatic rings. The van der Waals surface area contributed by atoms with Gasteiger partial charge in [0.25, 0.3) is 0 Å². The molecule has 0 bridgehead atoms. The zero-order valence-electron chi connectivity index (χ0n) is 6.36. The van der Waals surface area contributed by atoms with E-state index in [9.17, 15) is 0 Å². The molecule has 4 nitrogen and oxygen atoms in total. The van der Waals surface area contributed by atoms with E-state index < -0.39 is 0 Å². The average molecular weight is 153 g/mol. The third kappa shape index (κ3) is 2.51. The fraction of sp³-hybridized carbons (Fsp3) is 0.429. The van der Waals surface area contributed by atoms with Crippen LogP contribution in [0.4, 0.5) is 5.82 Å². The lowest BCUT2D eigenvalue weighted by atomic mass is 10.3. The van der Waals surface area contributed by atoms with Crippen molar-refractivity contribution in [2.45, 2.75) is 13.0 Å². The third-order valence-corrected chi connectivity index (χ3v) is 1.25. The molecule has 0 spiro atoms. The van der Waals surface area contributed by atoms with Crippen molar-refractivity contribution in [2.75, 3.05) is 11.9 Å². The van der Waals surface area contributed by atoms with Gasteiger partial charge in [0, 0.05) is 12.2 Å². The van der Waals surface area contributed by atoms with Gasteiger partial charge in [-0.05, 0) is 13.0 Å². The lowest BCUT2D eigenvalue weighted by molar-refractivity contribution is 0.281. The highest BCUT2D eigenvalue weighted by Crippen LogP contribution is 1.99. The maximum Gasteiger partial charge on any atom is 0.129 e. The van der Waals surface area contributed by atoms with Crippen molar-refractivity contribution in [1.82, 2.24) is 9.97 Å². The number of aliphatic hydroxyl groups excluding tert-OH is 1. The summed E-state index contributed by atoms with van der Waals surface area (Å²) in [5.74, 6) is 0.738. The topological polar surface area (TPSA) is 58.0 Å². The maximum absolute atomic E-state index is 8.69. The molecule has 0 radical (unpaired) electrons. The fourth-order valence-electron chi connectivity index (χ4n) is 0.674. The van der Waals surface area contributed by atoms with E-state index >= 15 is 0 Å². The van der Waals surface area contributed by atoms with Crippen LogP contribution < -0.4 is 5.32 Å². The molecular formula is C7H11N3O. The Balaban J connectivity index is 2.51. The van der Waals surface area contributed by atoms with E-state index in [-0.39, 0.29) is 12.6 Å². The molecule has 1 aromatic rings. The number of hydrogen-bond donors (Lipinski definition) is 2. The van der Waals surface area contributed by atoms with Crippen LogP contribution in [0.5, 0.6) is 0 Å². The van der Waals surface area contributed by atoms with Crippen LogP contribution in [-0.2, 0) is 0 Å². The molecule has 4 heteroatoms. The number of anilines is 1. The maximum atomic E-state index is 8.69. The summed E-state index contributed by atoms with van der Waals surface area (Å²) in [5, 5.41) is 11.7. The zero-order chi connectivity index (χ0) is 8.10. The molecule has 0 amide bonds. The van der Waals surface area contributed by atoms with Gasteiger partial charge in [0.1, 0.15) is 12.1 Å². The Labute approximate surface area is 65.3 Å². The Morgan fingerprint density at radius 3 is 3.09 bits per heavy atom. The Bertz CT molecular complexity index is 202.